The van der Waals surface area contributed by atoms with E-state index in [9.17, 15) is 0 Å². The average Bonchev–Trinajstić information content (AvgIpc) is 1.49. The zero-order chi connectivity index (χ0) is 9.99. The van der Waals surface area contributed by atoms with Gasteiger partial charge in [0.2, 0.25) is 0 Å². The molecule has 0 aliphatic heterocycles. The Morgan fingerprint density at radius 2 is 1.08 bits per heavy atom. The van der Waals surface area contributed by atoms with E-state index in [1.165, 1.54) is 0 Å². The summed E-state index contributed by atoms with van der Waals surface area (Å²) in [5.41, 5.74) is 0.220. The Bertz CT molecular complexity index is 144. The zero-order valence-electron chi connectivity index (χ0n) is 8.91. The van der Waals surface area contributed by atoms with E-state index in [-0.39, 0.29) is 11.1 Å². The normalized spacial score (nSPS) is 12.5. The summed E-state index contributed by atoms with van der Waals surface area (Å²) in [6.45, 7) is 12.8. The summed E-state index contributed by atoms with van der Waals surface area (Å²) in [6.07, 6.45) is 0. The van der Waals surface area contributed by atoms with Crippen molar-refractivity contribution in [1.29, 1.82) is 0 Å². The first-order valence-corrected chi connectivity index (χ1v) is 5.06. The Labute approximate surface area is 83.9 Å². The van der Waals surface area contributed by atoms with E-state index >= 15 is 0 Å². The van der Waals surface area contributed by atoms with Crippen molar-refractivity contribution in [2.45, 2.75) is 52.6 Å². The van der Waals surface area contributed by atoms with Crippen LogP contribution in [0, 0.1) is 0 Å². The van der Waals surface area contributed by atoms with Crippen LogP contribution in [0.2, 0.25) is 0 Å². The Morgan fingerprint density at radius 1 is 0.833 bits per heavy atom. The SMILES string of the molecule is CC(C)(C)NC(=[Se])NC(C)(C)C. The predicted octanol–water partition coefficient (Wildman–Crippen LogP) is 1.02. The Hall–Kier alpha value is -0.0105. The van der Waals surface area contributed by atoms with Gasteiger partial charge >= 0.3 is 83.5 Å². The molecule has 0 atom stereocenters. The van der Waals surface area contributed by atoms with Gasteiger partial charge in [-0.05, 0) is 0 Å². The Balaban J connectivity index is 3.92. The molecule has 12 heavy (non-hydrogen) atoms. The molecule has 2 nitrogen and oxygen atoms in total. The summed E-state index contributed by atoms with van der Waals surface area (Å²) in [7, 11) is 0. The van der Waals surface area contributed by atoms with Crippen LogP contribution < -0.4 is 10.6 Å². The maximum atomic E-state index is 3.33. The van der Waals surface area contributed by atoms with Crippen molar-refractivity contribution >= 4 is 20.2 Å². The van der Waals surface area contributed by atoms with Crippen LogP contribution in [0.25, 0.3) is 0 Å². The van der Waals surface area contributed by atoms with E-state index in [1.807, 2.05) is 0 Å². The Morgan fingerprint density at radius 3 is 1.25 bits per heavy atom. The fourth-order valence-corrected chi connectivity index (χ4v) is 2.00. The molecule has 0 rings (SSSR count). The molecule has 0 aromatic heterocycles. The first-order valence-electron chi connectivity index (χ1n) is 4.20. The standard InChI is InChI=1S/C9H20N2Se/c1-8(2,3)10-7(12)11-9(4,5)6/h1-6H3,(H2,10,11,12). The van der Waals surface area contributed by atoms with E-state index in [1.54, 1.807) is 0 Å². The van der Waals surface area contributed by atoms with Gasteiger partial charge in [0.25, 0.3) is 0 Å². The third-order valence-electron chi connectivity index (χ3n) is 0.977. The number of hydrogen-bond acceptors (Lipinski definition) is 2. The molecule has 0 amide bonds. The third-order valence-corrected chi connectivity index (χ3v) is 1.41. The van der Waals surface area contributed by atoms with Gasteiger partial charge in [0.05, 0.1) is 0 Å². The van der Waals surface area contributed by atoms with Crippen LogP contribution in [0.5, 0.6) is 0 Å². The molecule has 0 aromatic carbocycles. The van der Waals surface area contributed by atoms with Crippen molar-refractivity contribution in [2.24, 2.45) is 0 Å². The second-order valence-corrected chi connectivity index (χ2v) is 5.94. The third kappa shape index (κ3) is 8.09. The zero-order valence-corrected chi connectivity index (χ0v) is 10.6. The second-order valence-electron chi connectivity index (χ2n) is 5.08. The van der Waals surface area contributed by atoms with E-state index in [0.29, 0.717) is 0 Å². The van der Waals surface area contributed by atoms with Crippen molar-refractivity contribution in [3.8, 4) is 0 Å². The van der Waals surface area contributed by atoms with Gasteiger partial charge in [0, 0.05) is 0 Å². The molecule has 2 N–H and O–H groups in total. The van der Waals surface area contributed by atoms with Crippen LogP contribution >= 0.6 is 0 Å². The first kappa shape index (κ1) is 12.0. The van der Waals surface area contributed by atoms with Gasteiger partial charge in [-0.3, -0.25) is 0 Å². The molecule has 0 fully saturated rings. The topological polar surface area (TPSA) is 24.1 Å². The Kier molecular flexibility index (Phi) is 3.80. The van der Waals surface area contributed by atoms with Crippen molar-refractivity contribution in [1.82, 2.24) is 10.6 Å². The van der Waals surface area contributed by atoms with Gasteiger partial charge in [-0.2, -0.15) is 0 Å². The van der Waals surface area contributed by atoms with Gasteiger partial charge in [-0.15, -0.1) is 0 Å². The molecule has 0 spiro atoms. The molecule has 0 saturated carbocycles. The van der Waals surface area contributed by atoms with Crippen LogP contribution in [0.1, 0.15) is 41.5 Å². The molecule has 0 aliphatic carbocycles. The molecule has 72 valence electrons. The number of hydrogen-bond donors (Lipinski definition) is 2. The average molecular weight is 235 g/mol. The van der Waals surface area contributed by atoms with Gasteiger partial charge in [0.1, 0.15) is 0 Å². The van der Waals surface area contributed by atoms with E-state index in [0.717, 1.165) is 4.67 Å². The minimum atomic E-state index is 0.110. The summed E-state index contributed by atoms with van der Waals surface area (Å²) in [4.78, 5) is 0. The first-order chi connectivity index (χ1) is 5.10. The molecule has 0 saturated heterocycles. The molecule has 0 heterocycles. The summed E-state index contributed by atoms with van der Waals surface area (Å²) in [5, 5.41) is 6.65. The number of rotatable bonds is 2. The van der Waals surface area contributed by atoms with Gasteiger partial charge in [0.15, 0.2) is 0 Å². The fourth-order valence-electron chi connectivity index (χ4n) is 0.712. The van der Waals surface area contributed by atoms with Crippen LogP contribution in [0.15, 0.2) is 0 Å². The molecule has 0 unspecified atom stereocenters. The molecule has 3 heteroatoms. The molecular weight excluding hydrogens is 215 g/mol. The van der Waals surface area contributed by atoms with Crippen LogP contribution in [-0.4, -0.2) is 31.3 Å². The molecular formula is C9H20N2Se. The van der Waals surface area contributed by atoms with Gasteiger partial charge < -0.3 is 0 Å². The van der Waals surface area contributed by atoms with Crippen molar-refractivity contribution in [3.05, 3.63) is 0 Å². The summed E-state index contributed by atoms with van der Waals surface area (Å²) in [5.74, 6) is 0. The summed E-state index contributed by atoms with van der Waals surface area (Å²) in [6, 6.07) is 0. The van der Waals surface area contributed by atoms with Gasteiger partial charge in [-0.1, -0.05) is 0 Å². The van der Waals surface area contributed by atoms with Crippen molar-refractivity contribution in [2.75, 3.05) is 0 Å². The summed E-state index contributed by atoms with van der Waals surface area (Å²) < 4.78 is 1.01. The molecule has 0 aromatic rings. The monoisotopic (exact) mass is 236 g/mol. The fraction of sp³-hybridized carbons (Fsp3) is 0.889. The molecule has 0 aliphatic rings. The maximum absolute atomic E-state index is 3.33. The van der Waals surface area contributed by atoms with Gasteiger partial charge in [-0.25, -0.2) is 0 Å². The van der Waals surface area contributed by atoms with Crippen LogP contribution in [0.4, 0.5) is 0 Å². The minimum absolute atomic E-state index is 0.110. The van der Waals surface area contributed by atoms with Crippen LogP contribution in [-0.2, 0) is 0 Å². The van der Waals surface area contributed by atoms with E-state index in [4.69, 9.17) is 0 Å². The summed E-state index contributed by atoms with van der Waals surface area (Å²) >= 11 is 2.98. The molecule has 0 bridgehead atoms. The molecule has 0 radical (unpaired) electrons. The quantitative estimate of drug-likeness (QED) is 0.698. The van der Waals surface area contributed by atoms with Crippen molar-refractivity contribution < 1.29 is 0 Å². The van der Waals surface area contributed by atoms with Crippen molar-refractivity contribution in [3.63, 3.8) is 0 Å². The predicted molar refractivity (Wildman–Crippen MR) is 56.5 cm³/mol. The number of nitrogens with one attached hydrogen (secondary N) is 2. The second kappa shape index (κ2) is 3.80. The van der Waals surface area contributed by atoms with E-state index in [2.05, 4.69) is 67.8 Å². The van der Waals surface area contributed by atoms with E-state index < -0.39 is 0 Å². The van der Waals surface area contributed by atoms with Crippen LogP contribution in [0.3, 0.4) is 0 Å².